The predicted molar refractivity (Wildman–Crippen MR) is 131 cm³/mol. The third kappa shape index (κ3) is 2.69. The highest BCUT2D eigenvalue weighted by atomic mass is 14.1. The second kappa shape index (κ2) is 6.86. The highest BCUT2D eigenvalue weighted by molar-refractivity contribution is 6.24. The lowest BCUT2D eigenvalue weighted by molar-refractivity contribution is 1.59. The quantitative estimate of drug-likeness (QED) is 0.213. The molecule has 0 spiro atoms. The van der Waals surface area contributed by atoms with Gasteiger partial charge in [-0.25, -0.2) is 0 Å². The van der Waals surface area contributed by atoms with Gasteiger partial charge in [-0.1, -0.05) is 121 Å². The molecule has 0 atom stereocenters. The molecule has 0 heterocycles. The van der Waals surface area contributed by atoms with E-state index in [2.05, 4.69) is 121 Å². The van der Waals surface area contributed by atoms with Crippen LogP contribution in [0.25, 0.3) is 55.6 Å². The third-order valence-electron chi connectivity index (χ3n) is 6.05. The third-order valence-corrected chi connectivity index (χ3v) is 6.05. The van der Waals surface area contributed by atoms with Crippen LogP contribution in [0.5, 0.6) is 0 Å². The van der Waals surface area contributed by atoms with Gasteiger partial charge in [0.05, 0.1) is 0 Å². The summed E-state index contributed by atoms with van der Waals surface area (Å²) in [4.78, 5) is 0. The molecule has 0 fully saturated rings. The van der Waals surface area contributed by atoms with E-state index in [0.29, 0.717) is 0 Å². The predicted octanol–water partition coefficient (Wildman–Crippen LogP) is 8.42. The lowest BCUT2D eigenvalue weighted by Gasteiger charge is -2.12. The Morgan fingerprint density at radius 1 is 0.400 bits per heavy atom. The molecular formula is C30H20. The van der Waals surface area contributed by atoms with Gasteiger partial charge in [-0.05, 0) is 54.6 Å². The van der Waals surface area contributed by atoms with E-state index < -0.39 is 0 Å². The first-order valence-electron chi connectivity index (χ1n) is 10.4. The molecular weight excluding hydrogens is 360 g/mol. The fraction of sp³-hybridized carbons (Fsp3) is 0. The van der Waals surface area contributed by atoms with Crippen LogP contribution in [0.15, 0.2) is 109 Å². The van der Waals surface area contributed by atoms with E-state index in [0.717, 1.165) is 0 Å². The molecule has 30 heavy (non-hydrogen) atoms. The van der Waals surface area contributed by atoms with Gasteiger partial charge in [0.1, 0.15) is 0 Å². The summed E-state index contributed by atoms with van der Waals surface area (Å²) in [5, 5.41) is 7.96. The minimum atomic E-state index is 1.23. The van der Waals surface area contributed by atoms with Gasteiger partial charge in [0, 0.05) is 0 Å². The summed E-state index contributed by atoms with van der Waals surface area (Å²) in [6, 6.07) is 39.2. The Bertz CT molecular complexity index is 1500. The lowest BCUT2D eigenvalue weighted by atomic mass is 9.91. The van der Waals surface area contributed by atoms with Crippen LogP contribution in [0, 0.1) is 0 Å². The van der Waals surface area contributed by atoms with Crippen molar-refractivity contribution in [3.8, 4) is 11.1 Å². The zero-order valence-electron chi connectivity index (χ0n) is 16.5. The first kappa shape index (κ1) is 17.0. The maximum absolute atomic E-state index is 2.27. The second-order valence-corrected chi connectivity index (χ2v) is 7.80. The Kier molecular flexibility index (Phi) is 3.89. The van der Waals surface area contributed by atoms with Crippen LogP contribution < -0.4 is 0 Å². The molecule has 0 aliphatic heterocycles. The van der Waals surface area contributed by atoms with Crippen LogP contribution in [-0.4, -0.2) is 0 Å². The normalized spacial score (nSPS) is 11.9. The topological polar surface area (TPSA) is 0 Å². The summed E-state index contributed by atoms with van der Waals surface area (Å²) < 4.78 is 0. The van der Waals surface area contributed by atoms with Gasteiger partial charge >= 0.3 is 0 Å². The molecule has 0 saturated heterocycles. The van der Waals surface area contributed by atoms with Crippen LogP contribution in [0.3, 0.4) is 0 Å². The molecule has 0 heteroatoms. The molecule has 0 N–H and O–H groups in total. The molecule has 0 amide bonds. The van der Waals surface area contributed by atoms with Crippen molar-refractivity contribution in [1.29, 1.82) is 0 Å². The van der Waals surface area contributed by atoms with Gasteiger partial charge in [0.15, 0.2) is 0 Å². The van der Waals surface area contributed by atoms with Crippen molar-refractivity contribution in [3.63, 3.8) is 0 Å². The van der Waals surface area contributed by atoms with Gasteiger partial charge in [-0.3, -0.25) is 0 Å². The van der Waals surface area contributed by atoms with E-state index in [1.807, 2.05) is 0 Å². The number of rotatable bonds is 3. The first-order chi connectivity index (χ1) is 14.9. The van der Waals surface area contributed by atoms with Crippen LogP contribution >= 0.6 is 0 Å². The van der Waals surface area contributed by atoms with Crippen molar-refractivity contribution < 1.29 is 0 Å². The zero-order valence-corrected chi connectivity index (χ0v) is 16.5. The molecule has 6 rings (SSSR count). The average Bonchev–Trinajstić information content (AvgIpc) is 2.82. The largest absolute Gasteiger partial charge is 0.0622 e. The van der Waals surface area contributed by atoms with E-state index in [1.54, 1.807) is 0 Å². The van der Waals surface area contributed by atoms with Gasteiger partial charge in [0.2, 0.25) is 0 Å². The van der Waals surface area contributed by atoms with Crippen molar-refractivity contribution in [2.75, 3.05) is 0 Å². The molecule has 0 radical (unpaired) electrons. The second-order valence-electron chi connectivity index (χ2n) is 7.80. The molecule has 0 nitrogen and oxygen atoms in total. The Labute approximate surface area is 176 Å². The Morgan fingerprint density at radius 3 is 1.87 bits per heavy atom. The Hall–Kier alpha value is -3.90. The molecule has 0 aromatic heterocycles. The van der Waals surface area contributed by atoms with Crippen LogP contribution in [0.4, 0.5) is 0 Å². The van der Waals surface area contributed by atoms with Crippen molar-refractivity contribution in [3.05, 3.63) is 120 Å². The van der Waals surface area contributed by atoms with E-state index in [1.165, 1.54) is 54.6 Å². The smallest absolute Gasteiger partial charge is 0.00208 e. The maximum Gasteiger partial charge on any atom is -0.00208 e. The van der Waals surface area contributed by atoms with Gasteiger partial charge in [-0.15, -0.1) is 0 Å². The maximum atomic E-state index is 2.27. The summed E-state index contributed by atoms with van der Waals surface area (Å²) >= 11 is 0. The highest BCUT2D eigenvalue weighted by Gasteiger charge is 2.09. The van der Waals surface area contributed by atoms with Crippen LogP contribution in [0.1, 0.15) is 11.1 Å². The summed E-state index contributed by atoms with van der Waals surface area (Å²) in [5.41, 5.74) is 4.98. The monoisotopic (exact) mass is 380 g/mol. The lowest BCUT2D eigenvalue weighted by Crippen LogP contribution is -1.86. The molecule has 140 valence electrons. The van der Waals surface area contributed by atoms with Gasteiger partial charge in [0.25, 0.3) is 0 Å². The van der Waals surface area contributed by atoms with Crippen LogP contribution in [-0.2, 0) is 0 Å². The highest BCUT2D eigenvalue weighted by Crippen LogP contribution is 2.36. The minimum absolute atomic E-state index is 1.23. The Morgan fingerprint density at radius 2 is 1.03 bits per heavy atom. The number of hydrogen-bond acceptors (Lipinski definition) is 0. The van der Waals surface area contributed by atoms with Crippen molar-refractivity contribution in [2.45, 2.75) is 0 Å². The SMILES string of the molecule is C(=C\c1ccc2ccc3cccc4ccc1c2c34)/c1ccccc1-c1ccccc1. The average molecular weight is 380 g/mol. The van der Waals surface area contributed by atoms with E-state index in [9.17, 15) is 0 Å². The summed E-state index contributed by atoms with van der Waals surface area (Å²) in [6.45, 7) is 0. The first-order valence-corrected chi connectivity index (χ1v) is 10.4. The molecule has 6 aromatic rings. The van der Waals surface area contributed by atoms with E-state index >= 15 is 0 Å². The molecule has 0 saturated carbocycles. The fourth-order valence-electron chi connectivity index (χ4n) is 4.61. The summed E-state index contributed by atoms with van der Waals surface area (Å²) in [6.07, 6.45) is 4.50. The number of hydrogen-bond donors (Lipinski definition) is 0. The number of benzene rings is 6. The minimum Gasteiger partial charge on any atom is -0.0622 e. The molecule has 0 unspecified atom stereocenters. The van der Waals surface area contributed by atoms with Crippen molar-refractivity contribution >= 4 is 44.5 Å². The standard InChI is InChI=1S/C30H20/c1-2-7-21(8-3-1)27-12-5-4-9-22(27)13-14-23-15-16-26-18-17-24-10-6-11-25-19-20-28(23)30(26)29(24)25/h1-20H/b14-13+. The summed E-state index contributed by atoms with van der Waals surface area (Å²) in [5.74, 6) is 0. The Balaban J connectivity index is 1.53. The van der Waals surface area contributed by atoms with Crippen molar-refractivity contribution in [1.82, 2.24) is 0 Å². The summed E-state index contributed by atoms with van der Waals surface area (Å²) in [7, 11) is 0. The van der Waals surface area contributed by atoms with E-state index in [-0.39, 0.29) is 0 Å². The zero-order chi connectivity index (χ0) is 19.9. The molecule has 6 aromatic carbocycles. The molecule has 0 aliphatic carbocycles. The van der Waals surface area contributed by atoms with Gasteiger partial charge < -0.3 is 0 Å². The van der Waals surface area contributed by atoms with Gasteiger partial charge in [-0.2, -0.15) is 0 Å². The van der Waals surface area contributed by atoms with E-state index in [4.69, 9.17) is 0 Å². The molecule has 0 bridgehead atoms. The fourth-order valence-corrected chi connectivity index (χ4v) is 4.61. The van der Waals surface area contributed by atoms with Crippen molar-refractivity contribution in [2.24, 2.45) is 0 Å². The molecule has 0 aliphatic rings. The van der Waals surface area contributed by atoms with Crippen LogP contribution in [0.2, 0.25) is 0 Å².